The molecule has 0 spiro atoms. The zero-order chi connectivity index (χ0) is 14.3. The number of likely N-dealkylation sites (N-methyl/N-ethyl adjacent to an activating group) is 1. The highest BCUT2D eigenvalue weighted by molar-refractivity contribution is 7.89. The second kappa shape index (κ2) is 7.32. The summed E-state index contributed by atoms with van der Waals surface area (Å²) in [5.41, 5.74) is 6.16. The fraction of sp³-hybridized carbons (Fsp3) is 0.500. The van der Waals surface area contributed by atoms with Gasteiger partial charge in [0.15, 0.2) is 0 Å². The van der Waals surface area contributed by atoms with E-state index in [1.807, 2.05) is 0 Å². The van der Waals surface area contributed by atoms with Gasteiger partial charge in [-0.1, -0.05) is 19.1 Å². The first-order chi connectivity index (χ1) is 9.01. The lowest BCUT2D eigenvalue weighted by atomic mass is 10.3. The van der Waals surface area contributed by atoms with Crippen molar-refractivity contribution < 1.29 is 18.3 Å². The fourth-order valence-corrected chi connectivity index (χ4v) is 2.91. The summed E-state index contributed by atoms with van der Waals surface area (Å²) in [6, 6.07) is 6.92. The van der Waals surface area contributed by atoms with Crippen molar-refractivity contribution in [2.75, 3.05) is 37.8 Å². The first kappa shape index (κ1) is 15.7. The summed E-state index contributed by atoms with van der Waals surface area (Å²) >= 11 is 0. The van der Waals surface area contributed by atoms with Crippen molar-refractivity contribution >= 4 is 15.7 Å². The number of aliphatic hydroxyl groups is 1. The number of nitrogens with zero attached hydrogens (tertiary/aromatic N) is 1. The quantitative estimate of drug-likeness (QED) is 0.671. The monoisotopic (exact) mass is 288 g/mol. The summed E-state index contributed by atoms with van der Waals surface area (Å²) in [6.07, 6.45) is 0. The van der Waals surface area contributed by atoms with Gasteiger partial charge in [-0.3, -0.25) is 0 Å². The first-order valence-electron chi connectivity index (χ1n) is 6.07. The second-order valence-corrected chi connectivity index (χ2v) is 6.01. The van der Waals surface area contributed by atoms with E-state index in [9.17, 15) is 8.42 Å². The summed E-state index contributed by atoms with van der Waals surface area (Å²) in [5, 5.41) is 8.82. The van der Waals surface area contributed by atoms with Gasteiger partial charge < -0.3 is 15.6 Å². The standard InChI is InChI=1S/C12H20N2O4S/c1-2-14(7-8-15)19(16,17)10-9-18-12-6-4-3-5-11(12)13/h3-6,15H,2,7-10,13H2,1H3. The molecule has 0 aliphatic carbocycles. The highest BCUT2D eigenvalue weighted by Crippen LogP contribution is 2.19. The van der Waals surface area contributed by atoms with E-state index in [-0.39, 0.29) is 25.5 Å². The Morgan fingerprint density at radius 2 is 2.05 bits per heavy atom. The SMILES string of the molecule is CCN(CCO)S(=O)(=O)CCOc1ccccc1N. The van der Waals surface area contributed by atoms with Gasteiger partial charge in [-0.05, 0) is 12.1 Å². The van der Waals surface area contributed by atoms with Gasteiger partial charge in [0, 0.05) is 13.1 Å². The summed E-state index contributed by atoms with van der Waals surface area (Å²) in [7, 11) is -3.41. The van der Waals surface area contributed by atoms with Crippen LogP contribution in [0, 0.1) is 0 Å². The smallest absolute Gasteiger partial charge is 0.217 e. The minimum absolute atomic E-state index is 0.0263. The number of hydrogen-bond acceptors (Lipinski definition) is 5. The number of nitrogens with two attached hydrogens (primary N) is 1. The molecule has 1 aromatic rings. The van der Waals surface area contributed by atoms with Crippen LogP contribution in [0.2, 0.25) is 0 Å². The highest BCUT2D eigenvalue weighted by Gasteiger charge is 2.19. The van der Waals surface area contributed by atoms with Crippen molar-refractivity contribution in [1.82, 2.24) is 4.31 Å². The maximum atomic E-state index is 11.9. The Balaban J connectivity index is 2.54. The molecule has 3 N–H and O–H groups in total. The highest BCUT2D eigenvalue weighted by atomic mass is 32.2. The van der Waals surface area contributed by atoms with E-state index < -0.39 is 10.0 Å². The molecule has 19 heavy (non-hydrogen) atoms. The molecule has 0 unspecified atom stereocenters. The van der Waals surface area contributed by atoms with Crippen LogP contribution >= 0.6 is 0 Å². The predicted octanol–water partition coefficient (Wildman–Crippen LogP) is 0.292. The zero-order valence-electron chi connectivity index (χ0n) is 10.9. The van der Waals surface area contributed by atoms with Gasteiger partial charge in [-0.2, -0.15) is 4.31 Å². The topological polar surface area (TPSA) is 92.9 Å². The van der Waals surface area contributed by atoms with E-state index in [0.717, 1.165) is 0 Å². The second-order valence-electron chi connectivity index (χ2n) is 3.92. The molecule has 0 aliphatic heterocycles. The van der Waals surface area contributed by atoms with Crippen molar-refractivity contribution in [3.8, 4) is 5.75 Å². The van der Waals surface area contributed by atoms with Crippen molar-refractivity contribution in [1.29, 1.82) is 0 Å². The molecule has 0 bridgehead atoms. The molecule has 0 amide bonds. The van der Waals surface area contributed by atoms with E-state index >= 15 is 0 Å². The van der Waals surface area contributed by atoms with Crippen LogP contribution in [0.4, 0.5) is 5.69 Å². The molecular weight excluding hydrogens is 268 g/mol. The molecule has 6 nitrogen and oxygen atoms in total. The van der Waals surface area contributed by atoms with Gasteiger partial charge in [0.05, 0.1) is 18.0 Å². The van der Waals surface area contributed by atoms with Gasteiger partial charge in [0.25, 0.3) is 0 Å². The number of para-hydroxylation sites is 2. The van der Waals surface area contributed by atoms with Gasteiger partial charge in [0.1, 0.15) is 12.4 Å². The number of aliphatic hydroxyl groups excluding tert-OH is 1. The van der Waals surface area contributed by atoms with Crippen LogP contribution in [0.5, 0.6) is 5.75 Å². The van der Waals surface area contributed by atoms with Crippen molar-refractivity contribution in [2.24, 2.45) is 0 Å². The minimum atomic E-state index is -3.41. The number of anilines is 1. The van der Waals surface area contributed by atoms with Crippen LogP contribution < -0.4 is 10.5 Å². The van der Waals surface area contributed by atoms with E-state index in [2.05, 4.69) is 0 Å². The zero-order valence-corrected chi connectivity index (χ0v) is 11.8. The molecule has 7 heteroatoms. The Kier molecular flexibility index (Phi) is 6.07. The van der Waals surface area contributed by atoms with Gasteiger partial charge in [-0.25, -0.2) is 8.42 Å². The Labute approximate surface area is 113 Å². The van der Waals surface area contributed by atoms with E-state index in [1.54, 1.807) is 31.2 Å². The van der Waals surface area contributed by atoms with Crippen LogP contribution in [0.15, 0.2) is 24.3 Å². The molecule has 0 aromatic heterocycles. The van der Waals surface area contributed by atoms with Gasteiger partial charge >= 0.3 is 0 Å². The number of ether oxygens (including phenoxy) is 1. The van der Waals surface area contributed by atoms with E-state index in [1.165, 1.54) is 4.31 Å². The molecule has 1 aromatic carbocycles. The summed E-state index contributed by atoms with van der Waals surface area (Å²) in [4.78, 5) is 0. The Morgan fingerprint density at radius 1 is 1.37 bits per heavy atom. The summed E-state index contributed by atoms with van der Waals surface area (Å²) in [5.74, 6) is 0.331. The third kappa shape index (κ3) is 4.70. The number of sulfonamides is 1. The largest absolute Gasteiger partial charge is 0.490 e. The molecule has 0 fully saturated rings. The first-order valence-corrected chi connectivity index (χ1v) is 7.68. The Bertz CT molecular complexity index is 490. The lowest BCUT2D eigenvalue weighted by Gasteiger charge is -2.19. The third-order valence-electron chi connectivity index (χ3n) is 2.61. The molecule has 0 saturated heterocycles. The van der Waals surface area contributed by atoms with Crippen molar-refractivity contribution in [3.05, 3.63) is 24.3 Å². The van der Waals surface area contributed by atoms with Crippen LogP contribution in [0.25, 0.3) is 0 Å². The van der Waals surface area contributed by atoms with E-state index in [0.29, 0.717) is 18.0 Å². The fourth-order valence-electron chi connectivity index (χ4n) is 1.60. The molecule has 108 valence electrons. The minimum Gasteiger partial charge on any atom is -0.490 e. The molecule has 0 radical (unpaired) electrons. The van der Waals surface area contributed by atoms with Crippen LogP contribution in [0.1, 0.15) is 6.92 Å². The van der Waals surface area contributed by atoms with Crippen LogP contribution in [-0.4, -0.2) is 49.9 Å². The third-order valence-corrected chi connectivity index (χ3v) is 4.52. The maximum Gasteiger partial charge on any atom is 0.217 e. The molecule has 0 heterocycles. The van der Waals surface area contributed by atoms with E-state index in [4.69, 9.17) is 15.6 Å². The number of hydrogen-bond donors (Lipinski definition) is 2. The average molecular weight is 288 g/mol. The summed E-state index contributed by atoms with van der Waals surface area (Å²) < 4.78 is 30.4. The Morgan fingerprint density at radius 3 is 2.63 bits per heavy atom. The summed E-state index contributed by atoms with van der Waals surface area (Å²) in [6.45, 7) is 1.99. The van der Waals surface area contributed by atoms with Crippen molar-refractivity contribution in [3.63, 3.8) is 0 Å². The molecule has 0 atom stereocenters. The maximum absolute atomic E-state index is 11.9. The molecule has 1 rings (SSSR count). The Hall–Kier alpha value is -1.31. The number of rotatable bonds is 8. The van der Waals surface area contributed by atoms with Crippen LogP contribution in [0.3, 0.4) is 0 Å². The number of nitrogen functional groups attached to an aromatic ring is 1. The van der Waals surface area contributed by atoms with Crippen LogP contribution in [-0.2, 0) is 10.0 Å². The van der Waals surface area contributed by atoms with Gasteiger partial charge in [-0.15, -0.1) is 0 Å². The number of benzene rings is 1. The normalized spacial score (nSPS) is 11.7. The lowest BCUT2D eigenvalue weighted by Crippen LogP contribution is -2.36. The predicted molar refractivity (Wildman–Crippen MR) is 74.5 cm³/mol. The van der Waals surface area contributed by atoms with Crippen molar-refractivity contribution in [2.45, 2.75) is 6.92 Å². The average Bonchev–Trinajstić information content (AvgIpc) is 2.38. The van der Waals surface area contributed by atoms with Gasteiger partial charge in [0.2, 0.25) is 10.0 Å². The molecule has 0 saturated carbocycles. The lowest BCUT2D eigenvalue weighted by molar-refractivity contribution is 0.255. The molecular formula is C12H20N2O4S. The molecule has 0 aliphatic rings.